The summed E-state index contributed by atoms with van der Waals surface area (Å²) in [6.07, 6.45) is -1.69. The van der Waals surface area contributed by atoms with E-state index in [1.807, 2.05) is 0 Å². The van der Waals surface area contributed by atoms with Crippen molar-refractivity contribution >= 4 is 112 Å². The molecule has 45 heteroatoms. The molecule has 0 aliphatic rings. The molecule has 4 aromatic carbocycles. The van der Waals surface area contributed by atoms with E-state index in [1.54, 1.807) is 138 Å². The van der Waals surface area contributed by atoms with E-state index in [0.717, 1.165) is 13.8 Å². The van der Waals surface area contributed by atoms with Crippen LogP contribution >= 0.6 is 0 Å². The lowest BCUT2D eigenvalue weighted by atomic mass is 9.97. The number of nitrogens with two attached hydrogens (primary N) is 2. The number of aromatic nitrogens is 2. The van der Waals surface area contributed by atoms with Gasteiger partial charge in [-0.25, -0.2) is 4.98 Å². The monoisotopic (exact) mass is 1900 g/mol. The minimum Gasteiger partial charge on any atom is -0.508 e. The molecule has 27 N–H and O–H groups in total. The van der Waals surface area contributed by atoms with Crippen molar-refractivity contribution in [1.29, 1.82) is 0 Å². The van der Waals surface area contributed by atoms with Gasteiger partial charge in [-0.15, -0.1) is 0 Å². The van der Waals surface area contributed by atoms with Crippen LogP contribution in [0.1, 0.15) is 136 Å². The molecule has 0 saturated heterocycles. The molecular weight excluding hydrogens is 1770 g/mol. The van der Waals surface area contributed by atoms with Crippen LogP contribution in [0.5, 0.6) is 5.75 Å². The molecule has 0 fully saturated rings. The molecule has 0 spiro atoms. The largest absolute Gasteiger partial charge is 0.508 e. The number of aromatic amines is 1. The number of hydrogen-bond donors (Lipinski definition) is 25. The maximum Gasteiger partial charge on any atom is 0.305 e. The molecule has 1 heterocycles. The first-order valence-corrected chi connectivity index (χ1v) is 44.3. The van der Waals surface area contributed by atoms with Crippen molar-refractivity contribution in [2.45, 2.75) is 243 Å². The van der Waals surface area contributed by atoms with Crippen LogP contribution in [0.15, 0.2) is 128 Å². The molecule has 136 heavy (non-hydrogen) atoms. The van der Waals surface area contributed by atoms with Gasteiger partial charge in [0, 0.05) is 37.6 Å². The van der Waals surface area contributed by atoms with Crippen molar-refractivity contribution in [3.8, 4) is 5.75 Å². The summed E-state index contributed by atoms with van der Waals surface area (Å²) >= 11 is 0. The summed E-state index contributed by atoms with van der Waals surface area (Å²) in [6.45, 7) is 13.2. The van der Waals surface area contributed by atoms with Crippen LogP contribution < -0.4 is 96.5 Å². The topological polar surface area (TPSA) is 719 Å². The number of carbonyl (C=O) groups excluding carboxylic acids is 17. The first kappa shape index (κ1) is 112. The van der Waals surface area contributed by atoms with E-state index in [-0.39, 0.29) is 56.6 Å². The average molecular weight is 1900 g/mol. The van der Waals surface area contributed by atoms with Gasteiger partial charge in [0.25, 0.3) is 0 Å². The highest BCUT2D eigenvalue weighted by atomic mass is 16.4. The number of aliphatic hydroxyl groups is 3. The molecule has 1 aromatic heterocycles. The lowest BCUT2D eigenvalue weighted by molar-refractivity contribution is -0.142. The Kier molecular flexibility index (Phi) is 46.2. The number of carboxylic acids is 2. The zero-order valence-corrected chi connectivity index (χ0v) is 77.5. The second-order valence-electron chi connectivity index (χ2n) is 33.9. The van der Waals surface area contributed by atoms with Gasteiger partial charge >= 0.3 is 11.9 Å². The quantitative estimate of drug-likeness (QED) is 0.0173. The normalized spacial score (nSPS) is 15.4. The molecule has 0 aliphatic heterocycles. The third-order valence-electron chi connectivity index (χ3n) is 21.9. The number of imidazole rings is 1. The average Bonchev–Trinajstić information content (AvgIpc) is 1.23. The number of H-pyrrole nitrogens is 1. The number of hydrogen-bond acceptors (Lipinski definition) is 25. The number of nitrogens with zero attached hydrogens (tertiary/aromatic N) is 1. The van der Waals surface area contributed by atoms with Crippen LogP contribution in [0.4, 0.5) is 0 Å². The number of phenolic OH excluding ortho intramolecular Hbond substituents is 1. The van der Waals surface area contributed by atoms with Crippen molar-refractivity contribution in [3.63, 3.8) is 0 Å². The van der Waals surface area contributed by atoms with Gasteiger partial charge in [-0.05, 0) is 91.7 Å². The van der Waals surface area contributed by atoms with Crippen LogP contribution in [-0.2, 0) is 123 Å². The predicted octanol–water partition coefficient (Wildman–Crippen LogP) is -5.02. The second kappa shape index (κ2) is 56.0. The van der Waals surface area contributed by atoms with Crippen molar-refractivity contribution in [3.05, 3.63) is 156 Å². The summed E-state index contributed by atoms with van der Waals surface area (Å²) in [7, 11) is 0. The molecule has 19 atom stereocenters. The SMILES string of the molecule is CC[C@H](C)[C@H](NC(=O)[C@H](CO)NC(=O)[C@H](Cc1cnc[nH]1)NC(=O)[C@H](Cc1ccccc1)NC(=O)[C@H](Cc1ccccc1)NC(=O)[C@H](CC(=O)O)NC(=O)CNC(=O)[C@@H](NC(=O)[C@@H](NC(=O)[C@H](CO)NC(=O)[C@H](C)NC(=O)[C@@H](NC(=O)[C@H](CC(=O)O)NC(=O)[C@H](C)NC(=O)[C@H](Cc1ccccc1)NC(=O)[C@@H](CC(C)C)NC(=O)[C@@H](N)Cc1ccc(O)cc1)C(C)C)[C@@H](C)O)[C@@H](C)CC)C(N)=O. The minimum absolute atomic E-state index is 0.000617. The van der Waals surface area contributed by atoms with Crippen LogP contribution in [0.25, 0.3) is 0 Å². The third-order valence-corrected chi connectivity index (χ3v) is 21.9. The van der Waals surface area contributed by atoms with Crippen LogP contribution in [0.2, 0.25) is 0 Å². The molecule has 17 amide bonds. The molecule has 0 aliphatic carbocycles. The number of rotatable bonds is 57. The zero-order valence-electron chi connectivity index (χ0n) is 77.5. The molecule has 0 saturated carbocycles. The maximum atomic E-state index is 14.8. The van der Waals surface area contributed by atoms with Gasteiger partial charge in [0.15, 0.2) is 0 Å². The standard InChI is InChI=1S/C91H128N20O25/c1-12-48(7)73(76(93)121)109-87(132)68(44-113)107-84(129)64(38-57-41-94-45-96-57)105-83(128)63(37-55-27-21-16-22-28-55)103-82(127)62(36-54-25-19-15-20-26-54)104-85(130)65(39-70(117)118)99-69(116)42-95-89(134)74(49(8)13-2)110-91(136)75(52(11)114)111-88(133)67(43-112)106-78(123)51(10)98-90(135)72(47(5)6)108-86(131)66(40-71(119)120)100-77(122)50(9)97-80(125)61(35-53-23-17-14-18-24-53)102-81(126)60(33-46(3)4)101-79(124)59(92)34-56-29-31-58(115)32-30-56/h14-32,41,45-52,59-68,72-75,112-115H,12-13,33-40,42-44,92H2,1-11H3,(H2,93,121)(H,94,96)(H,95,134)(H,97,125)(H,98,135)(H,99,116)(H,100,122)(H,101,124)(H,102,126)(H,103,127)(H,104,130)(H,105,128)(H,106,123)(H,107,129)(H,108,131)(H,109,132)(H,110,136)(H,111,133)(H,117,118)(H,119,120)/t48-,49-,50-,51-,52+,59-,60+,61-,62-,63-,64-,65-,66-,67-,68-,72-,73-,74-,75-/m0/s1. The van der Waals surface area contributed by atoms with Gasteiger partial charge in [-0.3, -0.25) is 91.1 Å². The lowest BCUT2D eigenvalue weighted by Crippen LogP contribution is -2.62. The summed E-state index contributed by atoms with van der Waals surface area (Å²) in [5.74, 6) is -23.4. The summed E-state index contributed by atoms with van der Waals surface area (Å²) in [4.78, 5) is 268. The summed E-state index contributed by atoms with van der Waals surface area (Å²) < 4.78 is 0. The van der Waals surface area contributed by atoms with Gasteiger partial charge in [-0.2, -0.15) is 0 Å². The van der Waals surface area contributed by atoms with Crippen molar-refractivity contribution in [2.75, 3.05) is 19.8 Å². The Morgan fingerprint density at radius 2 is 0.713 bits per heavy atom. The number of carboxylic acid groups (broad SMARTS) is 2. The first-order chi connectivity index (χ1) is 64.3. The number of amides is 17. The van der Waals surface area contributed by atoms with E-state index in [0.29, 0.717) is 34.4 Å². The number of primary amides is 1. The second-order valence-corrected chi connectivity index (χ2v) is 33.9. The number of benzene rings is 4. The van der Waals surface area contributed by atoms with Gasteiger partial charge in [0.05, 0.1) is 51.1 Å². The van der Waals surface area contributed by atoms with E-state index in [4.69, 9.17) is 11.5 Å². The molecule has 5 aromatic rings. The number of nitrogens with one attached hydrogen (secondary N) is 17. The van der Waals surface area contributed by atoms with Crippen LogP contribution in [-0.4, -0.2) is 275 Å². The molecule has 742 valence electrons. The minimum atomic E-state index is -2.00. The van der Waals surface area contributed by atoms with Gasteiger partial charge in [0.2, 0.25) is 100 Å². The van der Waals surface area contributed by atoms with E-state index in [9.17, 15) is 122 Å². The molecule has 5 rings (SSSR count). The number of phenols is 1. The van der Waals surface area contributed by atoms with E-state index in [2.05, 4.69) is 95.0 Å². The summed E-state index contributed by atoms with van der Waals surface area (Å²) in [5.41, 5.74) is 14.2. The van der Waals surface area contributed by atoms with Gasteiger partial charge < -0.3 is 132 Å². The van der Waals surface area contributed by atoms with Gasteiger partial charge in [-0.1, -0.05) is 171 Å². The Labute approximate surface area is 785 Å². The van der Waals surface area contributed by atoms with E-state index >= 15 is 0 Å². The van der Waals surface area contributed by atoms with Gasteiger partial charge in [0.1, 0.15) is 96.4 Å². The highest BCUT2D eigenvalue weighted by Gasteiger charge is 2.41. The molecule has 0 radical (unpaired) electrons. The summed E-state index contributed by atoms with van der Waals surface area (Å²) in [5, 5.41) is 100.0. The van der Waals surface area contributed by atoms with Crippen molar-refractivity contribution in [2.24, 2.45) is 35.1 Å². The Morgan fingerprint density at radius 3 is 1.12 bits per heavy atom. The van der Waals surface area contributed by atoms with Crippen molar-refractivity contribution < 1.29 is 122 Å². The lowest BCUT2D eigenvalue weighted by Gasteiger charge is -2.29. The maximum absolute atomic E-state index is 14.8. The molecule has 45 nitrogen and oxygen atoms in total. The summed E-state index contributed by atoms with van der Waals surface area (Å²) in [6, 6.07) is 5.01. The highest BCUT2D eigenvalue weighted by molar-refractivity contribution is 6.02. The Morgan fingerprint density at radius 1 is 0.368 bits per heavy atom. The number of aliphatic carboxylic acids is 2. The van der Waals surface area contributed by atoms with E-state index in [1.165, 1.54) is 52.4 Å². The Hall–Kier alpha value is -14.3. The molecular formula is C91H128N20O25. The number of carbonyl (C=O) groups is 19. The fourth-order valence-electron chi connectivity index (χ4n) is 13.7. The Balaban J connectivity index is 1.23. The van der Waals surface area contributed by atoms with Crippen molar-refractivity contribution in [1.82, 2.24) is 95.0 Å². The third kappa shape index (κ3) is 37.6. The highest BCUT2D eigenvalue weighted by Crippen LogP contribution is 2.18. The molecule has 0 bridgehead atoms. The van der Waals surface area contributed by atoms with Crippen LogP contribution in [0.3, 0.4) is 0 Å². The fourth-order valence-corrected chi connectivity index (χ4v) is 13.7. The van der Waals surface area contributed by atoms with E-state index < -0.39 is 265 Å². The fraction of sp³-hybridized carbons (Fsp3) is 0.495. The van der Waals surface area contributed by atoms with Crippen LogP contribution in [0, 0.1) is 23.7 Å². The number of aliphatic hydroxyl groups excluding tert-OH is 3. The zero-order chi connectivity index (χ0) is 101. The Bertz CT molecular complexity index is 4880. The predicted molar refractivity (Wildman–Crippen MR) is 489 cm³/mol. The molecule has 0 unspecified atom stereocenters. The smallest absolute Gasteiger partial charge is 0.305 e. The number of aromatic hydroxyl groups is 1. The first-order valence-electron chi connectivity index (χ1n) is 44.3.